The Balaban J connectivity index is 1.51. The molecule has 0 aliphatic rings. The molecule has 0 atom stereocenters. The van der Waals surface area contributed by atoms with E-state index in [4.69, 9.17) is 0 Å². The molecule has 0 fully saturated rings. The zero-order valence-corrected chi connectivity index (χ0v) is 14.5. The van der Waals surface area contributed by atoms with E-state index in [9.17, 15) is 4.79 Å². The highest BCUT2D eigenvalue weighted by molar-refractivity contribution is 7.09. The monoisotopic (exact) mass is 348 g/mol. The van der Waals surface area contributed by atoms with Crippen molar-refractivity contribution >= 4 is 34.0 Å². The summed E-state index contributed by atoms with van der Waals surface area (Å²) in [6.45, 7) is 2.20. The van der Waals surface area contributed by atoms with E-state index in [2.05, 4.69) is 15.3 Å². The Labute approximate surface area is 149 Å². The van der Waals surface area contributed by atoms with Gasteiger partial charge in [-0.2, -0.15) is 0 Å². The number of benzene rings is 2. The summed E-state index contributed by atoms with van der Waals surface area (Å²) >= 11 is 1.61. The van der Waals surface area contributed by atoms with Crippen LogP contribution in [-0.2, 0) is 11.3 Å². The van der Waals surface area contributed by atoms with E-state index in [1.807, 2.05) is 65.4 Å². The third-order valence-electron chi connectivity index (χ3n) is 3.90. The molecule has 2 aromatic heterocycles. The number of carbonyl (C=O) groups is 1. The number of hydrogen-bond acceptors (Lipinski definition) is 4. The summed E-state index contributed by atoms with van der Waals surface area (Å²) in [5, 5.41) is 6.00. The van der Waals surface area contributed by atoms with E-state index in [1.54, 1.807) is 17.7 Å². The van der Waals surface area contributed by atoms with Crippen LogP contribution in [0.25, 0.3) is 22.3 Å². The highest BCUT2D eigenvalue weighted by atomic mass is 32.1. The van der Waals surface area contributed by atoms with Crippen molar-refractivity contribution in [1.29, 1.82) is 0 Å². The second kappa shape index (κ2) is 6.49. The van der Waals surface area contributed by atoms with Gasteiger partial charge in [-0.15, -0.1) is 11.3 Å². The first-order valence-corrected chi connectivity index (χ1v) is 8.79. The van der Waals surface area contributed by atoms with Crippen LogP contribution < -0.4 is 5.32 Å². The smallest absolute Gasteiger partial charge is 0.244 e. The van der Waals surface area contributed by atoms with E-state index in [1.165, 1.54) is 0 Å². The number of aromatic nitrogens is 3. The average molecular weight is 348 g/mol. The van der Waals surface area contributed by atoms with Crippen molar-refractivity contribution in [2.45, 2.75) is 13.5 Å². The van der Waals surface area contributed by atoms with Crippen LogP contribution in [0.15, 0.2) is 60.2 Å². The standard InChI is InChI=1S/C19H16N4OS/c1-13-21-17(11-25-13)14-5-4-6-15(9-14)22-19(24)10-23-12-20-16-7-2-3-8-18(16)23/h2-9,11-12H,10H2,1H3,(H,22,24). The van der Waals surface area contributed by atoms with Crippen LogP contribution in [0.3, 0.4) is 0 Å². The van der Waals surface area contributed by atoms with Gasteiger partial charge in [-0.25, -0.2) is 9.97 Å². The number of rotatable bonds is 4. The van der Waals surface area contributed by atoms with Gasteiger partial charge in [0.2, 0.25) is 5.91 Å². The summed E-state index contributed by atoms with van der Waals surface area (Å²) in [6.07, 6.45) is 1.69. The first kappa shape index (κ1) is 15.5. The molecule has 1 N–H and O–H groups in total. The van der Waals surface area contributed by atoms with E-state index in [-0.39, 0.29) is 12.5 Å². The van der Waals surface area contributed by atoms with Crippen LogP contribution in [0, 0.1) is 6.92 Å². The Morgan fingerprint density at radius 2 is 2.08 bits per heavy atom. The number of nitrogens with one attached hydrogen (secondary N) is 1. The summed E-state index contributed by atoms with van der Waals surface area (Å²) in [5.41, 5.74) is 4.52. The molecule has 0 radical (unpaired) electrons. The minimum Gasteiger partial charge on any atom is -0.325 e. The normalized spacial score (nSPS) is 10.9. The molecule has 4 rings (SSSR count). The van der Waals surface area contributed by atoms with E-state index in [0.717, 1.165) is 33.0 Å². The fourth-order valence-electron chi connectivity index (χ4n) is 2.74. The molecule has 4 aromatic rings. The quantitative estimate of drug-likeness (QED) is 0.604. The van der Waals surface area contributed by atoms with Gasteiger partial charge in [0.1, 0.15) is 6.54 Å². The maximum atomic E-state index is 12.4. The van der Waals surface area contributed by atoms with Crippen LogP contribution in [-0.4, -0.2) is 20.4 Å². The van der Waals surface area contributed by atoms with Gasteiger partial charge in [-0.3, -0.25) is 4.79 Å². The number of carbonyl (C=O) groups excluding carboxylic acids is 1. The van der Waals surface area contributed by atoms with Crippen molar-refractivity contribution in [3.05, 3.63) is 65.2 Å². The molecular weight excluding hydrogens is 332 g/mol. The first-order chi connectivity index (χ1) is 12.2. The molecule has 1 amide bonds. The van der Waals surface area contributed by atoms with Crippen LogP contribution in [0.2, 0.25) is 0 Å². The SMILES string of the molecule is Cc1nc(-c2cccc(NC(=O)Cn3cnc4ccccc43)c2)cs1. The summed E-state index contributed by atoms with van der Waals surface area (Å²) in [6, 6.07) is 15.5. The lowest BCUT2D eigenvalue weighted by Gasteiger charge is -2.08. The molecule has 2 heterocycles. The van der Waals surface area contributed by atoms with Crippen molar-refractivity contribution in [2.24, 2.45) is 0 Å². The molecule has 6 heteroatoms. The molecule has 0 bridgehead atoms. The lowest BCUT2D eigenvalue weighted by atomic mass is 10.1. The van der Waals surface area contributed by atoms with Gasteiger partial charge < -0.3 is 9.88 Å². The number of amides is 1. The molecule has 0 spiro atoms. The van der Waals surface area contributed by atoms with E-state index >= 15 is 0 Å². The first-order valence-electron chi connectivity index (χ1n) is 7.91. The van der Waals surface area contributed by atoms with Gasteiger partial charge >= 0.3 is 0 Å². The van der Waals surface area contributed by atoms with Gasteiger partial charge in [-0.1, -0.05) is 24.3 Å². The maximum Gasteiger partial charge on any atom is 0.244 e. The number of para-hydroxylation sites is 2. The summed E-state index contributed by atoms with van der Waals surface area (Å²) in [7, 11) is 0. The van der Waals surface area contributed by atoms with Crippen molar-refractivity contribution in [1.82, 2.24) is 14.5 Å². The molecule has 2 aromatic carbocycles. The molecule has 0 saturated heterocycles. The zero-order valence-electron chi connectivity index (χ0n) is 13.6. The minimum atomic E-state index is -0.0882. The topological polar surface area (TPSA) is 59.8 Å². The minimum absolute atomic E-state index is 0.0882. The number of nitrogens with zero attached hydrogens (tertiary/aromatic N) is 3. The molecule has 5 nitrogen and oxygen atoms in total. The Morgan fingerprint density at radius 1 is 1.20 bits per heavy atom. The summed E-state index contributed by atoms with van der Waals surface area (Å²) < 4.78 is 1.85. The van der Waals surface area contributed by atoms with Crippen LogP contribution in [0.1, 0.15) is 5.01 Å². The highest BCUT2D eigenvalue weighted by Crippen LogP contribution is 2.24. The van der Waals surface area contributed by atoms with Crippen molar-refractivity contribution in [3.8, 4) is 11.3 Å². The zero-order chi connectivity index (χ0) is 17.2. The van der Waals surface area contributed by atoms with Crippen molar-refractivity contribution < 1.29 is 4.79 Å². The molecule has 25 heavy (non-hydrogen) atoms. The molecule has 0 saturated carbocycles. The molecular formula is C19H16N4OS. The van der Waals surface area contributed by atoms with Gasteiger partial charge in [0.15, 0.2) is 0 Å². The number of aryl methyl sites for hydroxylation is 1. The molecule has 0 unspecified atom stereocenters. The molecule has 0 aliphatic carbocycles. The van der Waals surface area contributed by atoms with Crippen LogP contribution in [0.5, 0.6) is 0 Å². The largest absolute Gasteiger partial charge is 0.325 e. The third-order valence-corrected chi connectivity index (χ3v) is 4.68. The van der Waals surface area contributed by atoms with Gasteiger partial charge in [0.05, 0.1) is 28.1 Å². The van der Waals surface area contributed by atoms with Gasteiger partial charge in [0.25, 0.3) is 0 Å². The maximum absolute atomic E-state index is 12.4. The Kier molecular flexibility index (Phi) is 4.03. The predicted molar refractivity (Wildman–Crippen MR) is 101 cm³/mol. The number of hydrogen-bond donors (Lipinski definition) is 1. The van der Waals surface area contributed by atoms with Crippen LogP contribution in [0.4, 0.5) is 5.69 Å². The third kappa shape index (κ3) is 3.29. The Morgan fingerprint density at radius 3 is 2.92 bits per heavy atom. The van der Waals surface area contributed by atoms with Crippen LogP contribution >= 0.6 is 11.3 Å². The Bertz CT molecular complexity index is 1050. The highest BCUT2D eigenvalue weighted by Gasteiger charge is 2.09. The Hall–Kier alpha value is -2.99. The lowest BCUT2D eigenvalue weighted by molar-refractivity contribution is -0.116. The lowest BCUT2D eigenvalue weighted by Crippen LogP contribution is -2.18. The number of imidazole rings is 1. The average Bonchev–Trinajstić information content (AvgIpc) is 3.22. The second-order valence-electron chi connectivity index (χ2n) is 5.74. The molecule has 0 aliphatic heterocycles. The predicted octanol–water partition coefficient (Wildman–Crippen LogP) is 4.11. The number of anilines is 1. The van der Waals surface area contributed by atoms with E-state index < -0.39 is 0 Å². The van der Waals surface area contributed by atoms with Crippen molar-refractivity contribution in [2.75, 3.05) is 5.32 Å². The summed E-state index contributed by atoms with van der Waals surface area (Å²) in [5.74, 6) is -0.0882. The van der Waals surface area contributed by atoms with Gasteiger partial charge in [0, 0.05) is 16.6 Å². The number of thiazole rings is 1. The fraction of sp³-hybridized carbons (Fsp3) is 0.105. The van der Waals surface area contributed by atoms with Crippen molar-refractivity contribution in [3.63, 3.8) is 0 Å². The molecule has 124 valence electrons. The van der Waals surface area contributed by atoms with Gasteiger partial charge in [-0.05, 0) is 31.2 Å². The second-order valence-corrected chi connectivity index (χ2v) is 6.80. The van der Waals surface area contributed by atoms with E-state index in [0.29, 0.717) is 0 Å². The summed E-state index contributed by atoms with van der Waals surface area (Å²) in [4.78, 5) is 21.2. The number of fused-ring (bicyclic) bond motifs is 1. The fourth-order valence-corrected chi connectivity index (χ4v) is 3.37.